The van der Waals surface area contributed by atoms with Crippen LogP contribution in [0.2, 0.25) is 0 Å². The molecule has 3 aromatic rings. The van der Waals surface area contributed by atoms with Crippen molar-refractivity contribution in [3.8, 4) is 11.1 Å². The lowest BCUT2D eigenvalue weighted by molar-refractivity contribution is -0.133. The standard InChI is InChI=1S/C15H13N3O2S/c1-10-7-13(21-9-14(19)20)18-15(17-10)12(8-16-18)11-5-3-2-4-6-11/h2-8H,9H2,1H3,(H,19,20). The van der Waals surface area contributed by atoms with Gasteiger partial charge in [0.25, 0.3) is 0 Å². The van der Waals surface area contributed by atoms with Gasteiger partial charge in [0.15, 0.2) is 5.65 Å². The first-order chi connectivity index (χ1) is 10.1. The molecule has 6 heteroatoms. The highest BCUT2D eigenvalue weighted by Crippen LogP contribution is 2.27. The van der Waals surface area contributed by atoms with Crippen molar-refractivity contribution in [2.75, 3.05) is 5.75 Å². The number of carboxylic acid groups (broad SMARTS) is 1. The SMILES string of the molecule is Cc1cc(SCC(=O)O)n2ncc(-c3ccccc3)c2n1. The molecule has 0 amide bonds. The Labute approximate surface area is 125 Å². The van der Waals surface area contributed by atoms with E-state index in [9.17, 15) is 4.79 Å². The third-order valence-corrected chi connectivity index (χ3v) is 3.97. The molecular weight excluding hydrogens is 286 g/mol. The summed E-state index contributed by atoms with van der Waals surface area (Å²) in [6, 6.07) is 11.8. The van der Waals surface area contributed by atoms with Gasteiger partial charge >= 0.3 is 5.97 Å². The van der Waals surface area contributed by atoms with Gasteiger partial charge in [-0.25, -0.2) is 9.50 Å². The molecule has 0 spiro atoms. The van der Waals surface area contributed by atoms with Gasteiger partial charge in [0, 0.05) is 11.3 Å². The van der Waals surface area contributed by atoms with Crippen molar-refractivity contribution in [3.63, 3.8) is 0 Å². The van der Waals surface area contributed by atoms with Gasteiger partial charge in [-0.1, -0.05) is 42.1 Å². The molecule has 0 saturated carbocycles. The summed E-state index contributed by atoms with van der Waals surface area (Å²) < 4.78 is 1.70. The number of benzene rings is 1. The summed E-state index contributed by atoms with van der Waals surface area (Å²) in [5.74, 6) is -0.850. The van der Waals surface area contributed by atoms with Crippen molar-refractivity contribution in [1.29, 1.82) is 0 Å². The fourth-order valence-corrected chi connectivity index (χ4v) is 2.89. The van der Waals surface area contributed by atoms with Crippen LogP contribution >= 0.6 is 11.8 Å². The Morgan fingerprint density at radius 3 is 2.81 bits per heavy atom. The predicted octanol–water partition coefficient (Wildman–Crippen LogP) is 2.88. The normalized spacial score (nSPS) is 10.9. The number of rotatable bonds is 4. The molecule has 106 valence electrons. The molecule has 1 aromatic carbocycles. The lowest BCUT2D eigenvalue weighted by Gasteiger charge is -2.05. The molecule has 0 saturated heterocycles. The van der Waals surface area contributed by atoms with E-state index in [1.54, 1.807) is 10.7 Å². The zero-order valence-corrected chi connectivity index (χ0v) is 12.2. The maximum Gasteiger partial charge on any atom is 0.313 e. The Morgan fingerprint density at radius 1 is 1.33 bits per heavy atom. The zero-order chi connectivity index (χ0) is 14.8. The number of aliphatic carboxylic acids is 1. The number of hydrogen-bond donors (Lipinski definition) is 1. The van der Waals surface area contributed by atoms with E-state index < -0.39 is 5.97 Å². The first kappa shape index (κ1) is 13.6. The Kier molecular flexibility index (Phi) is 3.62. The van der Waals surface area contributed by atoms with Crippen molar-refractivity contribution in [3.05, 3.63) is 48.3 Å². The van der Waals surface area contributed by atoms with Crippen LogP contribution in [0.4, 0.5) is 0 Å². The summed E-state index contributed by atoms with van der Waals surface area (Å²) >= 11 is 1.24. The highest BCUT2D eigenvalue weighted by Gasteiger charge is 2.12. The van der Waals surface area contributed by atoms with Gasteiger partial charge in [0.05, 0.1) is 11.9 Å². The summed E-state index contributed by atoms with van der Waals surface area (Å²) in [6.45, 7) is 1.90. The first-order valence-corrected chi connectivity index (χ1v) is 7.39. The van der Waals surface area contributed by atoms with Crippen LogP contribution in [-0.4, -0.2) is 31.4 Å². The number of aryl methyl sites for hydroxylation is 1. The number of nitrogens with zero attached hydrogens (tertiary/aromatic N) is 3. The van der Waals surface area contributed by atoms with E-state index >= 15 is 0 Å². The van der Waals surface area contributed by atoms with Gasteiger partial charge in [-0.05, 0) is 18.6 Å². The van der Waals surface area contributed by atoms with E-state index in [0.717, 1.165) is 27.5 Å². The summed E-state index contributed by atoms with van der Waals surface area (Å²) in [4.78, 5) is 15.3. The van der Waals surface area contributed by atoms with E-state index in [4.69, 9.17) is 5.11 Å². The lowest BCUT2D eigenvalue weighted by Crippen LogP contribution is -2.02. The predicted molar refractivity (Wildman–Crippen MR) is 81.5 cm³/mol. The second-order valence-corrected chi connectivity index (χ2v) is 5.57. The van der Waals surface area contributed by atoms with Crippen molar-refractivity contribution in [2.24, 2.45) is 0 Å². The number of carboxylic acids is 1. The molecule has 0 bridgehead atoms. The molecule has 0 fully saturated rings. The third-order valence-electron chi connectivity index (χ3n) is 3.00. The summed E-state index contributed by atoms with van der Waals surface area (Å²) in [7, 11) is 0. The first-order valence-electron chi connectivity index (χ1n) is 6.40. The Morgan fingerprint density at radius 2 is 2.10 bits per heavy atom. The average molecular weight is 299 g/mol. The molecule has 0 radical (unpaired) electrons. The number of carbonyl (C=O) groups is 1. The fraction of sp³-hybridized carbons (Fsp3) is 0.133. The fourth-order valence-electron chi connectivity index (χ4n) is 2.11. The monoisotopic (exact) mass is 299 g/mol. The van der Waals surface area contributed by atoms with E-state index in [0.29, 0.717) is 0 Å². The van der Waals surface area contributed by atoms with Crippen LogP contribution in [-0.2, 0) is 4.79 Å². The quantitative estimate of drug-likeness (QED) is 0.592. The van der Waals surface area contributed by atoms with Crippen LogP contribution in [0.15, 0.2) is 47.6 Å². The summed E-state index contributed by atoms with van der Waals surface area (Å²) in [6.07, 6.45) is 1.77. The van der Waals surface area contributed by atoms with Crippen LogP contribution in [0.1, 0.15) is 5.69 Å². The topological polar surface area (TPSA) is 67.5 Å². The number of hydrogen-bond acceptors (Lipinski definition) is 4. The molecule has 0 aliphatic heterocycles. The minimum absolute atomic E-state index is 0.000909. The Hall–Kier alpha value is -2.34. The second-order valence-electron chi connectivity index (χ2n) is 4.58. The Bertz CT molecular complexity index is 799. The molecule has 1 N–H and O–H groups in total. The molecule has 5 nitrogen and oxygen atoms in total. The highest BCUT2D eigenvalue weighted by molar-refractivity contribution is 7.99. The van der Waals surface area contributed by atoms with Gasteiger partial charge < -0.3 is 5.11 Å². The zero-order valence-electron chi connectivity index (χ0n) is 11.4. The maximum absolute atomic E-state index is 10.8. The molecule has 0 aliphatic carbocycles. The van der Waals surface area contributed by atoms with Crippen LogP contribution in [0, 0.1) is 6.92 Å². The van der Waals surface area contributed by atoms with Crippen LogP contribution in [0.25, 0.3) is 16.8 Å². The maximum atomic E-state index is 10.8. The number of thioether (sulfide) groups is 1. The van der Waals surface area contributed by atoms with E-state index in [2.05, 4.69) is 10.1 Å². The van der Waals surface area contributed by atoms with E-state index in [1.807, 2.05) is 43.3 Å². The van der Waals surface area contributed by atoms with Crippen molar-refractivity contribution >= 4 is 23.4 Å². The Balaban J connectivity index is 2.12. The minimum Gasteiger partial charge on any atom is -0.481 e. The van der Waals surface area contributed by atoms with Gasteiger partial charge in [0.2, 0.25) is 0 Å². The molecule has 21 heavy (non-hydrogen) atoms. The molecule has 0 unspecified atom stereocenters. The van der Waals surface area contributed by atoms with Crippen molar-refractivity contribution < 1.29 is 9.90 Å². The van der Waals surface area contributed by atoms with E-state index in [-0.39, 0.29) is 5.75 Å². The van der Waals surface area contributed by atoms with Crippen molar-refractivity contribution in [2.45, 2.75) is 11.9 Å². The van der Waals surface area contributed by atoms with Crippen LogP contribution < -0.4 is 0 Å². The molecule has 2 heterocycles. The molecular formula is C15H13N3O2S. The van der Waals surface area contributed by atoms with Gasteiger partial charge in [-0.15, -0.1) is 0 Å². The molecule has 0 aliphatic rings. The second kappa shape index (κ2) is 5.57. The van der Waals surface area contributed by atoms with Gasteiger partial charge in [-0.3, -0.25) is 4.79 Å². The number of aromatic nitrogens is 3. The largest absolute Gasteiger partial charge is 0.481 e. The van der Waals surface area contributed by atoms with E-state index in [1.165, 1.54) is 11.8 Å². The highest BCUT2D eigenvalue weighted by atomic mass is 32.2. The van der Waals surface area contributed by atoms with Crippen LogP contribution in [0.5, 0.6) is 0 Å². The summed E-state index contributed by atoms with van der Waals surface area (Å²) in [5.41, 5.74) is 3.57. The number of fused-ring (bicyclic) bond motifs is 1. The van der Waals surface area contributed by atoms with Gasteiger partial charge in [0.1, 0.15) is 5.03 Å². The molecule has 2 aromatic heterocycles. The minimum atomic E-state index is -0.849. The summed E-state index contributed by atoms with van der Waals surface area (Å²) in [5, 5.41) is 14.0. The smallest absolute Gasteiger partial charge is 0.313 e. The van der Waals surface area contributed by atoms with Crippen LogP contribution in [0.3, 0.4) is 0 Å². The third kappa shape index (κ3) is 2.75. The van der Waals surface area contributed by atoms with Crippen molar-refractivity contribution in [1.82, 2.24) is 14.6 Å². The molecule has 3 rings (SSSR count). The lowest BCUT2D eigenvalue weighted by atomic mass is 10.1. The van der Waals surface area contributed by atoms with Gasteiger partial charge in [-0.2, -0.15) is 5.10 Å². The molecule has 0 atom stereocenters. The average Bonchev–Trinajstić information content (AvgIpc) is 2.89.